The van der Waals surface area contributed by atoms with Crippen LogP contribution in [0.15, 0.2) is 28.7 Å². The third-order valence-electron chi connectivity index (χ3n) is 3.24. The molecular weight excluding hydrogens is 256 g/mol. The van der Waals surface area contributed by atoms with E-state index in [1.807, 2.05) is 24.3 Å². The second-order valence-electron chi connectivity index (χ2n) is 4.68. The summed E-state index contributed by atoms with van der Waals surface area (Å²) in [5.74, 6) is 2.45. The maximum Gasteiger partial charge on any atom is 0.226 e. The Balaban J connectivity index is 1.79. The maximum atomic E-state index is 5.84. The SMILES string of the molecule is COCCOc1cccc(-c2nc3c(o2)CCNC3)c1. The number of rotatable bonds is 5. The van der Waals surface area contributed by atoms with Crippen LogP contribution in [0.1, 0.15) is 11.5 Å². The fourth-order valence-corrected chi connectivity index (χ4v) is 2.21. The van der Waals surface area contributed by atoms with Crippen molar-refractivity contribution in [3.63, 3.8) is 0 Å². The molecule has 20 heavy (non-hydrogen) atoms. The molecule has 0 saturated heterocycles. The van der Waals surface area contributed by atoms with E-state index in [2.05, 4.69) is 10.3 Å². The first-order valence-electron chi connectivity index (χ1n) is 6.78. The van der Waals surface area contributed by atoms with E-state index in [1.54, 1.807) is 7.11 Å². The zero-order valence-electron chi connectivity index (χ0n) is 11.5. The number of aromatic nitrogens is 1. The fraction of sp³-hybridized carbons (Fsp3) is 0.400. The zero-order chi connectivity index (χ0) is 13.8. The average molecular weight is 274 g/mol. The largest absolute Gasteiger partial charge is 0.491 e. The topological polar surface area (TPSA) is 56.5 Å². The minimum Gasteiger partial charge on any atom is -0.491 e. The van der Waals surface area contributed by atoms with E-state index in [4.69, 9.17) is 13.9 Å². The molecule has 0 spiro atoms. The monoisotopic (exact) mass is 274 g/mol. The van der Waals surface area contributed by atoms with Crippen LogP contribution in [-0.4, -0.2) is 31.9 Å². The second-order valence-corrected chi connectivity index (χ2v) is 4.68. The highest BCUT2D eigenvalue weighted by molar-refractivity contribution is 5.56. The molecule has 1 aromatic heterocycles. The molecule has 3 rings (SSSR count). The number of hydrogen-bond donors (Lipinski definition) is 1. The van der Waals surface area contributed by atoms with Crippen molar-refractivity contribution in [2.75, 3.05) is 26.9 Å². The Kier molecular flexibility index (Phi) is 3.99. The Morgan fingerprint density at radius 3 is 3.15 bits per heavy atom. The lowest BCUT2D eigenvalue weighted by molar-refractivity contribution is 0.146. The summed E-state index contributed by atoms with van der Waals surface area (Å²) in [6.45, 7) is 2.83. The number of hydrogen-bond acceptors (Lipinski definition) is 5. The maximum absolute atomic E-state index is 5.84. The number of nitrogens with zero attached hydrogens (tertiary/aromatic N) is 1. The van der Waals surface area contributed by atoms with E-state index >= 15 is 0 Å². The van der Waals surface area contributed by atoms with Crippen molar-refractivity contribution in [1.29, 1.82) is 0 Å². The van der Waals surface area contributed by atoms with Gasteiger partial charge in [-0.2, -0.15) is 0 Å². The molecule has 106 valence electrons. The summed E-state index contributed by atoms with van der Waals surface area (Å²) in [5.41, 5.74) is 1.95. The summed E-state index contributed by atoms with van der Waals surface area (Å²) in [6.07, 6.45) is 0.895. The minimum atomic E-state index is 0.534. The molecule has 0 unspecified atom stereocenters. The van der Waals surface area contributed by atoms with Crippen molar-refractivity contribution in [2.45, 2.75) is 13.0 Å². The summed E-state index contributed by atoms with van der Waals surface area (Å²) in [4.78, 5) is 4.55. The minimum absolute atomic E-state index is 0.534. The number of benzene rings is 1. The first-order valence-corrected chi connectivity index (χ1v) is 6.78. The number of nitrogens with one attached hydrogen (secondary N) is 1. The zero-order valence-corrected chi connectivity index (χ0v) is 11.5. The first-order chi connectivity index (χ1) is 9.86. The van der Waals surface area contributed by atoms with Gasteiger partial charge in [0.1, 0.15) is 18.1 Å². The summed E-state index contributed by atoms with van der Waals surface area (Å²) in [6, 6.07) is 7.79. The van der Waals surface area contributed by atoms with Gasteiger partial charge >= 0.3 is 0 Å². The van der Waals surface area contributed by atoms with Gasteiger partial charge in [0.2, 0.25) is 5.89 Å². The average Bonchev–Trinajstić information content (AvgIpc) is 2.92. The lowest BCUT2D eigenvalue weighted by Gasteiger charge is -2.08. The van der Waals surface area contributed by atoms with Crippen LogP contribution in [0.3, 0.4) is 0 Å². The third-order valence-corrected chi connectivity index (χ3v) is 3.24. The van der Waals surface area contributed by atoms with Gasteiger partial charge < -0.3 is 19.2 Å². The summed E-state index contributed by atoms with van der Waals surface area (Å²) >= 11 is 0. The molecule has 1 aliphatic rings. The lowest BCUT2D eigenvalue weighted by atomic mass is 10.2. The number of fused-ring (bicyclic) bond motifs is 1. The fourth-order valence-electron chi connectivity index (χ4n) is 2.21. The Morgan fingerprint density at radius 2 is 2.30 bits per heavy atom. The van der Waals surface area contributed by atoms with Crippen molar-refractivity contribution >= 4 is 0 Å². The Hall–Kier alpha value is -1.85. The molecule has 0 atom stereocenters. The molecule has 5 heteroatoms. The van der Waals surface area contributed by atoms with E-state index in [9.17, 15) is 0 Å². The van der Waals surface area contributed by atoms with Crippen molar-refractivity contribution < 1.29 is 13.9 Å². The van der Waals surface area contributed by atoms with Gasteiger partial charge in [-0.05, 0) is 18.2 Å². The lowest BCUT2D eigenvalue weighted by Crippen LogP contribution is -2.22. The third kappa shape index (κ3) is 2.84. The van der Waals surface area contributed by atoms with Crippen LogP contribution in [-0.2, 0) is 17.7 Å². The van der Waals surface area contributed by atoms with E-state index in [0.29, 0.717) is 19.1 Å². The van der Waals surface area contributed by atoms with Crippen molar-refractivity contribution in [3.8, 4) is 17.2 Å². The molecule has 5 nitrogen and oxygen atoms in total. The van der Waals surface area contributed by atoms with Crippen LogP contribution < -0.4 is 10.1 Å². The van der Waals surface area contributed by atoms with E-state index in [-0.39, 0.29) is 0 Å². The number of methoxy groups -OCH3 is 1. The van der Waals surface area contributed by atoms with Gasteiger partial charge in [-0.3, -0.25) is 0 Å². The second kappa shape index (κ2) is 6.07. The highest BCUT2D eigenvalue weighted by Gasteiger charge is 2.17. The molecule has 2 heterocycles. The van der Waals surface area contributed by atoms with Gasteiger partial charge in [0.05, 0.1) is 12.3 Å². The Morgan fingerprint density at radius 1 is 1.35 bits per heavy atom. The van der Waals surface area contributed by atoms with Crippen molar-refractivity contribution in [2.24, 2.45) is 0 Å². The molecule has 0 radical (unpaired) electrons. The number of oxazole rings is 1. The molecule has 0 amide bonds. The normalized spacial score (nSPS) is 14.1. The van der Waals surface area contributed by atoms with E-state index in [0.717, 1.165) is 42.3 Å². The van der Waals surface area contributed by atoms with Crippen molar-refractivity contribution in [3.05, 3.63) is 35.7 Å². The van der Waals surface area contributed by atoms with Crippen LogP contribution in [0.4, 0.5) is 0 Å². The van der Waals surface area contributed by atoms with Gasteiger partial charge in [-0.1, -0.05) is 6.07 Å². The predicted octanol–water partition coefficient (Wildman–Crippen LogP) is 2.01. The van der Waals surface area contributed by atoms with Gasteiger partial charge in [0, 0.05) is 32.2 Å². The van der Waals surface area contributed by atoms with Gasteiger partial charge in [0.25, 0.3) is 0 Å². The molecule has 0 fully saturated rings. The standard InChI is InChI=1S/C15H18N2O3/c1-18-7-8-19-12-4-2-3-11(9-12)15-17-13-10-16-6-5-14(13)20-15/h2-4,9,16H,5-8,10H2,1H3. The highest BCUT2D eigenvalue weighted by Crippen LogP contribution is 2.26. The van der Waals surface area contributed by atoms with E-state index in [1.165, 1.54) is 0 Å². The molecule has 1 N–H and O–H groups in total. The van der Waals surface area contributed by atoms with E-state index < -0.39 is 0 Å². The van der Waals surface area contributed by atoms with Gasteiger partial charge in [-0.15, -0.1) is 0 Å². The van der Waals surface area contributed by atoms with Crippen LogP contribution in [0.5, 0.6) is 5.75 Å². The van der Waals surface area contributed by atoms with Gasteiger partial charge in [0.15, 0.2) is 0 Å². The van der Waals surface area contributed by atoms with Crippen LogP contribution in [0.25, 0.3) is 11.5 Å². The first kappa shape index (κ1) is 13.1. The molecular formula is C15H18N2O3. The molecule has 0 saturated carbocycles. The smallest absolute Gasteiger partial charge is 0.226 e. The molecule has 1 aromatic carbocycles. The molecule has 1 aliphatic heterocycles. The van der Waals surface area contributed by atoms with Gasteiger partial charge in [-0.25, -0.2) is 4.98 Å². The molecule has 0 aliphatic carbocycles. The van der Waals surface area contributed by atoms with Crippen molar-refractivity contribution in [1.82, 2.24) is 10.3 Å². The summed E-state index contributed by atoms with van der Waals surface area (Å²) < 4.78 is 16.4. The quantitative estimate of drug-likeness (QED) is 0.845. The summed E-state index contributed by atoms with van der Waals surface area (Å²) in [5, 5.41) is 3.29. The number of ether oxygens (including phenoxy) is 2. The Labute approximate surface area is 117 Å². The highest BCUT2D eigenvalue weighted by atomic mass is 16.5. The molecule has 0 bridgehead atoms. The van der Waals surface area contributed by atoms with Crippen LogP contribution in [0, 0.1) is 0 Å². The summed E-state index contributed by atoms with van der Waals surface area (Å²) in [7, 11) is 1.66. The van der Waals surface area contributed by atoms with Crippen LogP contribution in [0.2, 0.25) is 0 Å². The predicted molar refractivity (Wildman–Crippen MR) is 74.7 cm³/mol. The molecule has 2 aromatic rings. The van der Waals surface area contributed by atoms with Crippen LogP contribution >= 0.6 is 0 Å². The Bertz CT molecular complexity index is 557.